The van der Waals surface area contributed by atoms with Gasteiger partial charge in [0.1, 0.15) is 6.54 Å². The van der Waals surface area contributed by atoms with Crippen LogP contribution in [0.2, 0.25) is 0 Å². The molecule has 1 rings (SSSR count). The highest BCUT2D eigenvalue weighted by atomic mass is 35.5. The van der Waals surface area contributed by atoms with E-state index in [1.54, 1.807) is 29.1 Å². The van der Waals surface area contributed by atoms with E-state index in [9.17, 15) is 4.79 Å². The van der Waals surface area contributed by atoms with Crippen molar-refractivity contribution >= 4 is 18.4 Å². The lowest BCUT2D eigenvalue weighted by molar-refractivity contribution is -0.137. The molecule has 1 aromatic heterocycles. The van der Waals surface area contributed by atoms with Crippen LogP contribution in [-0.4, -0.2) is 15.6 Å². The molecule has 0 aliphatic carbocycles. The second kappa shape index (κ2) is 3.95. The minimum Gasteiger partial charge on any atom is -0.480 e. The second-order valence-corrected chi connectivity index (χ2v) is 1.75. The minimum atomic E-state index is -0.814. The van der Waals surface area contributed by atoms with Gasteiger partial charge in [0.2, 0.25) is 0 Å². The molecule has 0 amide bonds. The molecule has 0 aliphatic heterocycles. The number of aromatic nitrogens is 1. The van der Waals surface area contributed by atoms with E-state index in [0.29, 0.717) is 0 Å². The van der Waals surface area contributed by atoms with Crippen LogP contribution in [0.25, 0.3) is 0 Å². The van der Waals surface area contributed by atoms with Gasteiger partial charge in [-0.2, -0.15) is 0 Å². The highest BCUT2D eigenvalue weighted by Crippen LogP contribution is 1.87. The summed E-state index contributed by atoms with van der Waals surface area (Å²) in [7, 11) is 0. The van der Waals surface area contributed by atoms with Crippen LogP contribution in [0.4, 0.5) is 0 Å². The van der Waals surface area contributed by atoms with Gasteiger partial charge in [-0.25, -0.2) is 0 Å². The summed E-state index contributed by atoms with van der Waals surface area (Å²) in [6.07, 6.45) is 3.43. The number of aliphatic carboxylic acids is 1. The molecule has 0 aromatic carbocycles. The Kier molecular flexibility index (Phi) is 3.57. The Balaban J connectivity index is 0.000000810. The van der Waals surface area contributed by atoms with Gasteiger partial charge < -0.3 is 9.67 Å². The fourth-order valence-electron chi connectivity index (χ4n) is 0.632. The van der Waals surface area contributed by atoms with Crippen molar-refractivity contribution in [3.8, 4) is 0 Å². The number of nitrogens with zero attached hydrogens (tertiary/aromatic N) is 1. The molecule has 0 fully saturated rings. The Bertz CT molecular complexity index is 196. The van der Waals surface area contributed by atoms with Crippen LogP contribution >= 0.6 is 12.4 Å². The summed E-state index contributed by atoms with van der Waals surface area (Å²) in [4.78, 5) is 10.0. The number of carboxylic acids is 1. The molecular weight excluding hydrogens is 154 g/mol. The predicted octanol–water partition coefficient (Wildman–Crippen LogP) is 0.994. The molecule has 1 aromatic rings. The van der Waals surface area contributed by atoms with Gasteiger partial charge in [0, 0.05) is 12.4 Å². The largest absolute Gasteiger partial charge is 0.480 e. The fourth-order valence-corrected chi connectivity index (χ4v) is 0.632. The van der Waals surface area contributed by atoms with Crippen LogP contribution in [0, 0.1) is 0 Å². The van der Waals surface area contributed by atoms with E-state index in [1.165, 1.54) is 0 Å². The van der Waals surface area contributed by atoms with Crippen LogP contribution in [0.1, 0.15) is 0 Å². The van der Waals surface area contributed by atoms with Gasteiger partial charge in [0.05, 0.1) is 0 Å². The molecule has 0 spiro atoms. The minimum absolute atomic E-state index is 0. The van der Waals surface area contributed by atoms with E-state index < -0.39 is 5.97 Å². The van der Waals surface area contributed by atoms with Crippen LogP contribution < -0.4 is 0 Å². The van der Waals surface area contributed by atoms with E-state index in [0.717, 1.165) is 0 Å². The first-order valence-electron chi connectivity index (χ1n) is 2.61. The third-order valence-corrected chi connectivity index (χ3v) is 0.984. The third-order valence-electron chi connectivity index (χ3n) is 0.984. The molecule has 3 nitrogen and oxygen atoms in total. The van der Waals surface area contributed by atoms with E-state index in [2.05, 4.69) is 0 Å². The summed E-state index contributed by atoms with van der Waals surface area (Å²) in [5, 5.41) is 8.26. The quantitative estimate of drug-likeness (QED) is 0.703. The maximum absolute atomic E-state index is 10.0. The zero-order chi connectivity index (χ0) is 6.69. The molecule has 0 bridgehead atoms. The first kappa shape index (κ1) is 9.04. The van der Waals surface area contributed by atoms with Crippen molar-refractivity contribution in [3.05, 3.63) is 24.5 Å². The highest BCUT2D eigenvalue weighted by molar-refractivity contribution is 5.85. The topological polar surface area (TPSA) is 42.2 Å². The lowest BCUT2D eigenvalue weighted by Crippen LogP contribution is -2.05. The van der Waals surface area contributed by atoms with E-state index in [-0.39, 0.29) is 19.0 Å². The second-order valence-electron chi connectivity index (χ2n) is 1.75. The van der Waals surface area contributed by atoms with Gasteiger partial charge in [0.15, 0.2) is 0 Å². The molecule has 0 aliphatic rings. The zero-order valence-electron chi connectivity index (χ0n) is 5.23. The summed E-state index contributed by atoms with van der Waals surface area (Å²) in [6.45, 7) is 0.0486. The van der Waals surface area contributed by atoms with Crippen LogP contribution in [0.5, 0.6) is 0 Å². The van der Waals surface area contributed by atoms with Crippen LogP contribution in [-0.2, 0) is 11.3 Å². The third kappa shape index (κ3) is 2.55. The summed E-state index contributed by atoms with van der Waals surface area (Å²) < 4.78 is 1.60. The molecule has 0 saturated carbocycles. The zero-order valence-corrected chi connectivity index (χ0v) is 6.04. The molecule has 0 unspecified atom stereocenters. The lowest BCUT2D eigenvalue weighted by atomic mass is 10.6. The lowest BCUT2D eigenvalue weighted by Gasteiger charge is -1.93. The normalized spacial score (nSPS) is 8.40. The molecule has 1 N–H and O–H groups in total. The number of carboxylic acid groups (broad SMARTS) is 1. The number of halogens is 1. The summed E-state index contributed by atoms with van der Waals surface area (Å²) in [5.74, 6) is -0.814. The van der Waals surface area contributed by atoms with Crippen LogP contribution in [0.15, 0.2) is 24.5 Å². The van der Waals surface area contributed by atoms with Crippen molar-refractivity contribution in [2.45, 2.75) is 6.54 Å². The van der Waals surface area contributed by atoms with Crippen molar-refractivity contribution in [1.82, 2.24) is 4.57 Å². The maximum atomic E-state index is 10.0. The highest BCUT2D eigenvalue weighted by Gasteiger charge is 1.94. The van der Waals surface area contributed by atoms with E-state index >= 15 is 0 Å². The predicted molar refractivity (Wildman–Crippen MR) is 39.3 cm³/mol. The Hall–Kier alpha value is -0.960. The number of rotatable bonds is 2. The van der Waals surface area contributed by atoms with Gasteiger partial charge in [0.25, 0.3) is 0 Å². The Morgan fingerprint density at radius 2 is 1.90 bits per heavy atom. The Labute approximate surface area is 64.7 Å². The average molecular weight is 162 g/mol. The summed E-state index contributed by atoms with van der Waals surface area (Å²) in [6, 6.07) is 3.59. The molecule has 0 atom stereocenters. The van der Waals surface area contributed by atoms with Crippen molar-refractivity contribution in [2.24, 2.45) is 0 Å². The van der Waals surface area contributed by atoms with Crippen LogP contribution in [0.3, 0.4) is 0 Å². The SMILES string of the molecule is Cl.O=C(O)Cn1cccc1. The first-order chi connectivity index (χ1) is 4.29. The van der Waals surface area contributed by atoms with Crippen molar-refractivity contribution in [1.29, 1.82) is 0 Å². The number of hydrogen-bond acceptors (Lipinski definition) is 1. The first-order valence-corrected chi connectivity index (χ1v) is 2.61. The monoisotopic (exact) mass is 161 g/mol. The van der Waals surface area contributed by atoms with Gasteiger partial charge in [-0.3, -0.25) is 4.79 Å². The van der Waals surface area contributed by atoms with Gasteiger partial charge in [-0.05, 0) is 12.1 Å². The van der Waals surface area contributed by atoms with E-state index in [4.69, 9.17) is 5.11 Å². The van der Waals surface area contributed by atoms with Gasteiger partial charge in [-0.1, -0.05) is 0 Å². The average Bonchev–Trinajstić information content (AvgIpc) is 2.15. The number of hydrogen-bond donors (Lipinski definition) is 1. The van der Waals surface area contributed by atoms with E-state index in [1.807, 2.05) is 0 Å². The summed E-state index contributed by atoms with van der Waals surface area (Å²) >= 11 is 0. The fraction of sp³-hybridized carbons (Fsp3) is 0.167. The summed E-state index contributed by atoms with van der Waals surface area (Å²) in [5.41, 5.74) is 0. The molecule has 0 saturated heterocycles. The molecule has 10 heavy (non-hydrogen) atoms. The molecule has 1 heterocycles. The maximum Gasteiger partial charge on any atom is 0.323 e. The Morgan fingerprint density at radius 3 is 2.30 bits per heavy atom. The van der Waals surface area contributed by atoms with Crippen molar-refractivity contribution in [2.75, 3.05) is 0 Å². The van der Waals surface area contributed by atoms with Gasteiger partial charge >= 0.3 is 5.97 Å². The van der Waals surface area contributed by atoms with Crippen molar-refractivity contribution in [3.63, 3.8) is 0 Å². The molecular formula is C6H8ClNO2. The smallest absolute Gasteiger partial charge is 0.323 e. The Morgan fingerprint density at radius 1 is 1.40 bits per heavy atom. The molecule has 4 heteroatoms. The standard InChI is InChI=1S/C6H7NO2.ClH/c8-6(9)5-7-3-1-2-4-7;/h1-4H,5H2,(H,8,9);1H. The molecule has 56 valence electrons. The number of carbonyl (C=O) groups is 1. The van der Waals surface area contributed by atoms with Gasteiger partial charge in [-0.15, -0.1) is 12.4 Å². The molecule has 0 radical (unpaired) electrons. The van der Waals surface area contributed by atoms with Crippen molar-refractivity contribution < 1.29 is 9.90 Å².